The van der Waals surface area contributed by atoms with Gasteiger partial charge in [-0.2, -0.15) is 0 Å². The van der Waals surface area contributed by atoms with Gasteiger partial charge in [0, 0.05) is 43.1 Å². The molecule has 4 heterocycles. The molecule has 1 aromatic carbocycles. The van der Waals surface area contributed by atoms with Crippen LogP contribution in [0.3, 0.4) is 0 Å². The van der Waals surface area contributed by atoms with Crippen LogP contribution in [0.4, 0.5) is 11.8 Å². The summed E-state index contributed by atoms with van der Waals surface area (Å²) in [5.41, 5.74) is 3.76. The summed E-state index contributed by atoms with van der Waals surface area (Å²) in [7, 11) is 2.12. The van der Waals surface area contributed by atoms with Gasteiger partial charge in [-0.05, 0) is 49.2 Å². The van der Waals surface area contributed by atoms with Crippen LogP contribution in [0.15, 0.2) is 67.1 Å². The minimum atomic E-state index is 0.326. The predicted molar refractivity (Wildman–Crippen MR) is 115 cm³/mol. The molecule has 1 N–H and O–H groups in total. The van der Waals surface area contributed by atoms with Crippen LogP contribution < -0.4 is 5.32 Å². The number of rotatable bonds is 5. The largest absolute Gasteiger partial charge is 0.350 e. The van der Waals surface area contributed by atoms with Gasteiger partial charge in [-0.15, -0.1) is 0 Å². The molecule has 6 heteroatoms. The van der Waals surface area contributed by atoms with Crippen molar-refractivity contribution in [2.75, 3.05) is 11.9 Å². The fourth-order valence-electron chi connectivity index (χ4n) is 4.31. The number of fused-ring (bicyclic) bond motifs is 1. The number of anilines is 2. The van der Waals surface area contributed by atoms with Gasteiger partial charge >= 0.3 is 0 Å². The Morgan fingerprint density at radius 2 is 1.90 bits per heavy atom. The number of para-hydroxylation sites is 1. The molecule has 1 fully saturated rings. The van der Waals surface area contributed by atoms with E-state index in [4.69, 9.17) is 4.98 Å². The summed E-state index contributed by atoms with van der Waals surface area (Å²) in [4.78, 5) is 15.9. The first-order chi connectivity index (χ1) is 14.3. The molecular weight excluding hydrogens is 360 g/mol. The van der Waals surface area contributed by atoms with Crippen molar-refractivity contribution in [2.24, 2.45) is 7.05 Å². The molecule has 0 radical (unpaired) electrons. The number of nitrogens with zero attached hydrogens (tertiary/aromatic N) is 5. The first kappa shape index (κ1) is 17.8. The Labute approximate surface area is 170 Å². The Bertz CT molecular complexity index is 1120. The second-order valence-electron chi connectivity index (χ2n) is 7.56. The minimum Gasteiger partial charge on any atom is -0.350 e. The third-order valence-electron chi connectivity index (χ3n) is 5.63. The van der Waals surface area contributed by atoms with Crippen molar-refractivity contribution >= 4 is 22.7 Å². The standard InChI is InChI=1S/C23H24N6/c1-28-15-17(18-7-2-3-9-20(18)28)16-29-14-5-10-21(29)19-8-4-11-22(26-19)27-23-24-12-6-13-25-23/h2-4,6-9,11-13,15,21H,5,10,14,16H2,1H3,(H,24,25,26,27)/t21-/m0/s1. The van der Waals surface area contributed by atoms with Gasteiger partial charge in [0.1, 0.15) is 5.82 Å². The fraction of sp³-hybridized carbons (Fsp3) is 0.261. The summed E-state index contributed by atoms with van der Waals surface area (Å²) in [5.74, 6) is 1.35. The highest BCUT2D eigenvalue weighted by Crippen LogP contribution is 2.34. The Kier molecular flexibility index (Phi) is 4.69. The van der Waals surface area contributed by atoms with E-state index >= 15 is 0 Å². The van der Waals surface area contributed by atoms with Gasteiger partial charge < -0.3 is 9.88 Å². The Balaban J connectivity index is 1.39. The van der Waals surface area contributed by atoms with Crippen LogP contribution in [0.25, 0.3) is 10.9 Å². The summed E-state index contributed by atoms with van der Waals surface area (Å²) in [6.45, 7) is 2.03. The van der Waals surface area contributed by atoms with Crippen LogP contribution in [0.2, 0.25) is 0 Å². The molecule has 3 aromatic heterocycles. The molecule has 1 aliphatic rings. The Morgan fingerprint density at radius 1 is 1.03 bits per heavy atom. The molecular formula is C23H24N6. The minimum absolute atomic E-state index is 0.326. The number of hydrogen-bond donors (Lipinski definition) is 1. The molecule has 1 saturated heterocycles. The number of likely N-dealkylation sites (tertiary alicyclic amines) is 1. The lowest BCUT2D eigenvalue weighted by molar-refractivity contribution is 0.245. The topological polar surface area (TPSA) is 58.9 Å². The zero-order valence-corrected chi connectivity index (χ0v) is 16.5. The van der Waals surface area contributed by atoms with Crippen molar-refractivity contribution in [1.29, 1.82) is 0 Å². The molecule has 29 heavy (non-hydrogen) atoms. The van der Waals surface area contributed by atoms with Crippen LogP contribution in [0, 0.1) is 0 Å². The zero-order valence-electron chi connectivity index (χ0n) is 16.5. The van der Waals surface area contributed by atoms with Gasteiger partial charge in [-0.25, -0.2) is 15.0 Å². The number of benzene rings is 1. The molecule has 0 saturated carbocycles. The molecule has 146 valence electrons. The van der Waals surface area contributed by atoms with Crippen molar-refractivity contribution in [2.45, 2.75) is 25.4 Å². The van der Waals surface area contributed by atoms with E-state index in [0.29, 0.717) is 12.0 Å². The molecule has 1 aliphatic heterocycles. The normalized spacial score (nSPS) is 17.1. The highest BCUT2D eigenvalue weighted by atomic mass is 15.2. The number of pyridine rings is 1. The maximum absolute atomic E-state index is 4.87. The molecule has 0 spiro atoms. The Hall–Kier alpha value is -3.25. The lowest BCUT2D eigenvalue weighted by atomic mass is 10.1. The highest BCUT2D eigenvalue weighted by Gasteiger charge is 2.28. The van der Waals surface area contributed by atoms with Gasteiger partial charge in [0.15, 0.2) is 0 Å². The van der Waals surface area contributed by atoms with E-state index in [0.717, 1.165) is 31.0 Å². The van der Waals surface area contributed by atoms with Crippen molar-refractivity contribution < 1.29 is 0 Å². The fourth-order valence-corrected chi connectivity index (χ4v) is 4.31. The number of aryl methyl sites for hydroxylation is 1. The summed E-state index contributed by atoms with van der Waals surface area (Å²) in [6, 6.07) is 16.9. The average Bonchev–Trinajstić information content (AvgIpc) is 3.34. The van der Waals surface area contributed by atoms with E-state index in [1.165, 1.54) is 22.9 Å². The second kappa shape index (κ2) is 7.64. The van der Waals surface area contributed by atoms with E-state index < -0.39 is 0 Å². The monoisotopic (exact) mass is 384 g/mol. The van der Waals surface area contributed by atoms with Crippen molar-refractivity contribution in [3.05, 3.63) is 78.4 Å². The van der Waals surface area contributed by atoms with Gasteiger partial charge in [0.25, 0.3) is 0 Å². The first-order valence-electron chi connectivity index (χ1n) is 10.1. The number of nitrogens with one attached hydrogen (secondary N) is 1. The summed E-state index contributed by atoms with van der Waals surface area (Å²) in [6.07, 6.45) is 8.03. The third-order valence-corrected chi connectivity index (χ3v) is 5.63. The van der Waals surface area contributed by atoms with E-state index in [2.05, 4.69) is 74.4 Å². The van der Waals surface area contributed by atoms with Crippen LogP contribution in [0.1, 0.15) is 30.1 Å². The third kappa shape index (κ3) is 3.59. The maximum Gasteiger partial charge on any atom is 0.228 e. The lowest BCUT2D eigenvalue weighted by Gasteiger charge is -2.24. The van der Waals surface area contributed by atoms with Crippen molar-refractivity contribution in [1.82, 2.24) is 24.4 Å². The van der Waals surface area contributed by atoms with Crippen molar-refractivity contribution in [3.8, 4) is 0 Å². The van der Waals surface area contributed by atoms with E-state index in [-0.39, 0.29) is 0 Å². The molecule has 0 unspecified atom stereocenters. The van der Waals surface area contributed by atoms with Gasteiger partial charge in [0.2, 0.25) is 5.95 Å². The molecule has 5 rings (SSSR count). The predicted octanol–water partition coefficient (Wildman–Crippen LogP) is 4.44. The van der Waals surface area contributed by atoms with Crippen LogP contribution in [-0.2, 0) is 13.6 Å². The average molecular weight is 384 g/mol. The molecule has 4 aromatic rings. The maximum atomic E-state index is 4.87. The smallest absolute Gasteiger partial charge is 0.228 e. The number of aromatic nitrogens is 4. The molecule has 0 amide bonds. The number of hydrogen-bond acceptors (Lipinski definition) is 5. The van der Waals surface area contributed by atoms with E-state index in [9.17, 15) is 0 Å². The molecule has 0 bridgehead atoms. The van der Waals surface area contributed by atoms with Crippen LogP contribution in [0.5, 0.6) is 0 Å². The Morgan fingerprint density at radius 3 is 2.79 bits per heavy atom. The molecule has 6 nitrogen and oxygen atoms in total. The van der Waals surface area contributed by atoms with Gasteiger partial charge in [-0.1, -0.05) is 24.3 Å². The second-order valence-corrected chi connectivity index (χ2v) is 7.56. The van der Waals surface area contributed by atoms with Gasteiger partial charge in [-0.3, -0.25) is 4.90 Å². The quantitative estimate of drug-likeness (QED) is 0.551. The van der Waals surface area contributed by atoms with Gasteiger partial charge in [0.05, 0.1) is 11.7 Å². The van der Waals surface area contributed by atoms with Crippen LogP contribution >= 0.6 is 0 Å². The SMILES string of the molecule is Cn1cc(CN2CCC[C@H]2c2cccc(Nc3ncccn3)n2)c2ccccc21. The summed E-state index contributed by atoms with van der Waals surface area (Å²) < 4.78 is 2.22. The summed E-state index contributed by atoms with van der Waals surface area (Å²) in [5, 5.41) is 4.54. The summed E-state index contributed by atoms with van der Waals surface area (Å²) >= 11 is 0. The lowest BCUT2D eigenvalue weighted by Crippen LogP contribution is -2.23. The van der Waals surface area contributed by atoms with E-state index in [1.54, 1.807) is 18.5 Å². The zero-order chi connectivity index (χ0) is 19.6. The first-order valence-corrected chi connectivity index (χ1v) is 10.1. The molecule has 0 aliphatic carbocycles. The van der Waals surface area contributed by atoms with Crippen molar-refractivity contribution in [3.63, 3.8) is 0 Å². The van der Waals surface area contributed by atoms with Crippen LogP contribution in [-0.4, -0.2) is 31.0 Å². The van der Waals surface area contributed by atoms with E-state index in [1.807, 2.05) is 6.07 Å². The highest BCUT2D eigenvalue weighted by molar-refractivity contribution is 5.83. The molecule has 1 atom stereocenters.